The van der Waals surface area contributed by atoms with Gasteiger partial charge in [0.2, 0.25) is 0 Å². The molecule has 0 fully saturated rings. The molecule has 0 radical (unpaired) electrons. The number of fused-ring (bicyclic) bond motifs is 6. The van der Waals surface area contributed by atoms with Gasteiger partial charge in [-0.15, -0.1) is 5.46 Å². The minimum Gasteiger partial charge on any atom is -0.310 e. The van der Waals surface area contributed by atoms with Crippen molar-refractivity contribution in [2.75, 3.05) is 0 Å². The Kier molecular flexibility index (Phi) is 9.35. The maximum atomic E-state index is 2.57. The monoisotopic (exact) mass is 796 g/mol. The van der Waals surface area contributed by atoms with Crippen LogP contribution in [-0.2, 0) is 0 Å². The highest BCUT2D eigenvalue weighted by Gasteiger charge is 2.26. The van der Waals surface area contributed by atoms with Gasteiger partial charge in [0.05, 0.1) is 16.7 Å². The fourth-order valence-corrected chi connectivity index (χ4v) is 10.7. The summed E-state index contributed by atoms with van der Waals surface area (Å²) in [6, 6.07) is 64.4. The number of aromatic nitrogens is 2. The van der Waals surface area contributed by atoms with Crippen LogP contribution >= 0.6 is 0 Å². The van der Waals surface area contributed by atoms with E-state index in [-0.39, 0.29) is 0 Å². The molecule has 2 aromatic heterocycles. The molecule has 11 rings (SSSR count). The molecule has 290 valence electrons. The second-order valence-electron chi connectivity index (χ2n) is 17.5. The van der Waals surface area contributed by atoms with E-state index in [1.54, 1.807) is 0 Å². The first-order valence-corrected chi connectivity index (χ1v) is 22.2. The third kappa shape index (κ3) is 5.97. The zero-order valence-corrected chi connectivity index (χ0v) is 37.1. The zero-order chi connectivity index (χ0) is 43.1. The van der Waals surface area contributed by atoms with E-state index in [9.17, 15) is 0 Å². The first-order chi connectivity index (χ1) is 30.7. The summed E-state index contributed by atoms with van der Waals surface area (Å²) in [5.74, 6) is 0. The van der Waals surface area contributed by atoms with Crippen molar-refractivity contribution < 1.29 is 0 Å². The molecule has 0 amide bonds. The van der Waals surface area contributed by atoms with E-state index in [4.69, 9.17) is 0 Å². The second kappa shape index (κ2) is 15.1. The molecule has 0 bridgehead atoms. The van der Waals surface area contributed by atoms with Gasteiger partial charge in [0, 0.05) is 44.0 Å². The van der Waals surface area contributed by atoms with Crippen LogP contribution in [0.15, 0.2) is 176 Å². The highest BCUT2D eigenvalue weighted by Crippen LogP contribution is 2.42. The van der Waals surface area contributed by atoms with E-state index >= 15 is 0 Å². The van der Waals surface area contributed by atoms with Crippen molar-refractivity contribution >= 4 is 137 Å². The number of hydrogen-bond acceptors (Lipinski definition) is 0. The molecule has 63 heavy (non-hydrogen) atoms. The van der Waals surface area contributed by atoms with Gasteiger partial charge in [0.25, 0.3) is 0 Å². The van der Waals surface area contributed by atoms with E-state index in [1.165, 1.54) is 138 Å². The van der Waals surface area contributed by atoms with Crippen molar-refractivity contribution in [2.45, 2.75) is 0 Å². The Labute approximate surface area is 375 Å². The van der Waals surface area contributed by atoms with E-state index in [1.807, 2.05) is 0 Å². The van der Waals surface area contributed by atoms with Crippen molar-refractivity contribution in [2.24, 2.45) is 0 Å². The third-order valence-corrected chi connectivity index (χ3v) is 14.3. The maximum Gasteiger partial charge on any atom is 0.141 e. The lowest BCUT2D eigenvalue weighted by Crippen LogP contribution is -2.48. The van der Waals surface area contributed by atoms with Crippen LogP contribution in [0.3, 0.4) is 0 Å². The van der Waals surface area contributed by atoms with E-state index < -0.39 is 0 Å². The standard InChI is InChI=1S/C54H43B7N2/c55-45-42(46(56)50(60)53-43(45)44-47(57)48(58)49(59)51(61)54(44)62(53)35-26-23-31(24-27-35)30-13-4-1-5-14-30)34-25-28-41-39(29-34)38-21-12-20-37(33-17-8-3-9-18-33)52(38)63(41)40-22-11-10-19-36(40)32-15-6-2-7-16-32/h1-29H,55-61H2. The topological polar surface area (TPSA) is 9.86 Å². The lowest BCUT2D eigenvalue weighted by molar-refractivity contribution is 1.18. The molecule has 2 nitrogen and oxygen atoms in total. The molecule has 2 heterocycles. The molecule has 0 spiro atoms. The minimum atomic E-state index is 1.17. The zero-order valence-electron chi connectivity index (χ0n) is 37.1. The Morgan fingerprint density at radius 2 is 0.810 bits per heavy atom. The van der Waals surface area contributed by atoms with Crippen LogP contribution in [0, 0.1) is 0 Å². The molecular weight excluding hydrogens is 752 g/mol. The molecule has 0 aliphatic carbocycles. The van der Waals surface area contributed by atoms with Crippen LogP contribution in [0.25, 0.3) is 99.5 Å². The summed E-state index contributed by atoms with van der Waals surface area (Å²) >= 11 is 0. The molecule has 0 atom stereocenters. The van der Waals surface area contributed by atoms with Crippen LogP contribution in [0.4, 0.5) is 0 Å². The Bertz CT molecular complexity index is 3620. The Morgan fingerprint density at radius 1 is 0.302 bits per heavy atom. The smallest absolute Gasteiger partial charge is 0.141 e. The summed E-state index contributed by atoms with van der Waals surface area (Å²) in [5, 5.41) is 5.21. The molecule has 0 aliphatic heterocycles. The second-order valence-corrected chi connectivity index (χ2v) is 17.5. The molecule has 9 heteroatoms. The summed E-state index contributed by atoms with van der Waals surface area (Å²) in [4.78, 5) is 0. The predicted molar refractivity (Wildman–Crippen MR) is 294 cm³/mol. The van der Waals surface area contributed by atoms with E-state index in [0.29, 0.717) is 0 Å². The van der Waals surface area contributed by atoms with Crippen molar-refractivity contribution in [1.82, 2.24) is 9.13 Å². The van der Waals surface area contributed by atoms with Gasteiger partial charge in [-0.2, -0.15) is 0 Å². The number of para-hydroxylation sites is 2. The summed E-state index contributed by atoms with van der Waals surface area (Å²) in [6.07, 6.45) is 0. The molecule has 0 aliphatic rings. The maximum absolute atomic E-state index is 2.57. The van der Waals surface area contributed by atoms with Crippen molar-refractivity contribution in [3.8, 4) is 55.9 Å². The van der Waals surface area contributed by atoms with Gasteiger partial charge in [-0.3, -0.25) is 0 Å². The number of hydrogen-bond donors (Lipinski definition) is 0. The Morgan fingerprint density at radius 3 is 1.48 bits per heavy atom. The first kappa shape index (κ1) is 38.9. The van der Waals surface area contributed by atoms with Gasteiger partial charge in [0.15, 0.2) is 0 Å². The summed E-state index contributed by atoms with van der Waals surface area (Å²) in [5.41, 5.74) is 26.6. The molecule has 0 saturated carbocycles. The SMILES string of the molecule is Bc1c(B)c(B)c2c(c1B)c1c(B)c(-c3ccc4c(c3)c3cccc(-c5ccccc5)c3n4-c3ccccc3-c3ccccc3)c(B)c(B)c1n2-c1ccc(-c2ccccc2)cc1. The minimum absolute atomic E-state index is 1.17. The van der Waals surface area contributed by atoms with Crippen molar-refractivity contribution in [3.63, 3.8) is 0 Å². The molecule has 0 unspecified atom stereocenters. The highest BCUT2D eigenvalue weighted by molar-refractivity contribution is 6.69. The average Bonchev–Trinajstić information content (AvgIpc) is 3.87. The Hall–Kier alpha value is -6.97. The third-order valence-electron chi connectivity index (χ3n) is 14.3. The fraction of sp³-hybridized carbons (Fsp3) is 0. The molecule has 0 saturated heterocycles. The molecule has 0 N–H and O–H groups in total. The highest BCUT2D eigenvalue weighted by atomic mass is 15.0. The van der Waals surface area contributed by atoms with Crippen LogP contribution in [-0.4, -0.2) is 64.1 Å². The predicted octanol–water partition coefficient (Wildman–Crippen LogP) is 2.36. The Balaban J connectivity index is 1.20. The van der Waals surface area contributed by atoms with Gasteiger partial charge < -0.3 is 9.13 Å². The summed E-state index contributed by atoms with van der Waals surface area (Å²) in [7, 11) is 16.3. The van der Waals surface area contributed by atoms with Gasteiger partial charge in [-0.05, 0) is 69.1 Å². The van der Waals surface area contributed by atoms with Gasteiger partial charge in [0.1, 0.15) is 54.9 Å². The van der Waals surface area contributed by atoms with Gasteiger partial charge >= 0.3 is 0 Å². The average molecular weight is 796 g/mol. The lowest BCUT2D eigenvalue weighted by atomic mass is 9.64. The van der Waals surface area contributed by atoms with Crippen molar-refractivity contribution in [3.05, 3.63) is 176 Å². The molecule has 9 aromatic carbocycles. The van der Waals surface area contributed by atoms with Crippen LogP contribution < -0.4 is 38.2 Å². The van der Waals surface area contributed by atoms with Crippen LogP contribution in [0.5, 0.6) is 0 Å². The van der Waals surface area contributed by atoms with E-state index in [0.717, 1.165) is 0 Å². The van der Waals surface area contributed by atoms with Crippen LogP contribution in [0.1, 0.15) is 0 Å². The van der Waals surface area contributed by atoms with Gasteiger partial charge in [-0.1, -0.05) is 178 Å². The molecule has 11 aromatic rings. The number of benzene rings is 9. The largest absolute Gasteiger partial charge is 0.310 e. The number of rotatable bonds is 6. The first-order valence-electron chi connectivity index (χ1n) is 22.2. The van der Waals surface area contributed by atoms with Crippen molar-refractivity contribution in [1.29, 1.82) is 0 Å². The fourth-order valence-electron chi connectivity index (χ4n) is 10.7. The molecular formula is C54H43B7N2. The summed E-state index contributed by atoms with van der Waals surface area (Å²) in [6.45, 7) is 0. The normalized spacial score (nSPS) is 11.6. The lowest BCUT2D eigenvalue weighted by Gasteiger charge is -2.19. The quantitative estimate of drug-likeness (QED) is 0.229. The van der Waals surface area contributed by atoms with Gasteiger partial charge in [-0.25, -0.2) is 0 Å². The summed E-state index contributed by atoms with van der Waals surface area (Å²) < 4.78 is 5.08. The van der Waals surface area contributed by atoms with Crippen LogP contribution in [0.2, 0.25) is 0 Å². The number of nitrogens with zero attached hydrogens (tertiary/aromatic N) is 2. The van der Waals surface area contributed by atoms with E-state index in [2.05, 4.69) is 240 Å².